The van der Waals surface area contributed by atoms with Crippen molar-refractivity contribution in [1.82, 2.24) is 5.32 Å². The number of fused-ring (bicyclic) bond motifs is 1. The third kappa shape index (κ3) is 5.88. The maximum atomic E-state index is 5.67. The average Bonchev–Trinajstić information content (AvgIpc) is 2.75. The number of nitrogens with one attached hydrogen (secondary N) is 2. The number of rotatable bonds is 5. The van der Waals surface area contributed by atoms with E-state index in [-0.39, 0.29) is 24.0 Å². The van der Waals surface area contributed by atoms with Crippen molar-refractivity contribution in [3.63, 3.8) is 0 Å². The van der Waals surface area contributed by atoms with Crippen LogP contribution in [0.1, 0.15) is 13.3 Å². The number of guanidine groups is 1. The van der Waals surface area contributed by atoms with E-state index in [1.807, 2.05) is 25.1 Å². The maximum absolute atomic E-state index is 5.67. The van der Waals surface area contributed by atoms with Crippen molar-refractivity contribution in [3.8, 4) is 11.5 Å². The Labute approximate surface area is 148 Å². The standard InChI is InChI=1S/C15H23N3O3.HI/c1-3-19-10-7-17-15(16-2)18-12-5-6-13-14(11-12)21-9-4-8-20-13;/h5-6,11H,3-4,7-10H2,1-2H3,(H2,16,17,18);1H. The number of aliphatic imine (C=N–C) groups is 1. The van der Waals surface area contributed by atoms with E-state index in [0.717, 1.165) is 30.2 Å². The second-order valence-corrected chi connectivity index (χ2v) is 4.53. The Bertz CT molecular complexity index is 483. The van der Waals surface area contributed by atoms with Crippen LogP contribution in [0, 0.1) is 0 Å². The lowest BCUT2D eigenvalue weighted by atomic mass is 10.3. The van der Waals surface area contributed by atoms with Crippen LogP contribution in [0.4, 0.5) is 5.69 Å². The number of halogens is 1. The molecular weight excluding hydrogens is 397 g/mol. The predicted molar refractivity (Wildman–Crippen MR) is 98.9 cm³/mol. The van der Waals surface area contributed by atoms with Gasteiger partial charge in [-0.05, 0) is 19.1 Å². The molecule has 0 saturated carbocycles. The van der Waals surface area contributed by atoms with Crippen LogP contribution in [0.2, 0.25) is 0 Å². The third-order valence-electron chi connectivity index (χ3n) is 2.98. The van der Waals surface area contributed by atoms with Crippen LogP contribution in [-0.4, -0.2) is 46.0 Å². The molecule has 6 nitrogen and oxygen atoms in total. The van der Waals surface area contributed by atoms with E-state index in [4.69, 9.17) is 14.2 Å². The summed E-state index contributed by atoms with van der Waals surface area (Å²) in [6.07, 6.45) is 0.901. The van der Waals surface area contributed by atoms with Gasteiger partial charge in [-0.15, -0.1) is 24.0 Å². The molecule has 0 saturated heterocycles. The summed E-state index contributed by atoms with van der Waals surface area (Å²) in [6, 6.07) is 5.79. The Morgan fingerprint density at radius 2 is 2.05 bits per heavy atom. The quantitative estimate of drug-likeness (QED) is 0.331. The monoisotopic (exact) mass is 421 g/mol. The molecule has 0 amide bonds. The molecule has 2 N–H and O–H groups in total. The lowest BCUT2D eigenvalue weighted by molar-refractivity contribution is 0.152. The molecule has 0 aromatic heterocycles. The smallest absolute Gasteiger partial charge is 0.195 e. The lowest BCUT2D eigenvalue weighted by Gasteiger charge is -2.14. The number of benzene rings is 1. The molecule has 0 radical (unpaired) electrons. The Balaban J connectivity index is 0.00000242. The normalized spacial score (nSPS) is 13.8. The number of anilines is 1. The highest BCUT2D eigenvalue weighted by atomic mass is 127. The molecule has 7 heteroatoms. The van der Waals surface area contributed by atoms with Gasteiger partial charge >= 0.3 is 0 Å². The maximum Gasteiger partial charge on any atom is 0.195 e. The summed E-state index contributed by atoms with van der Waals surface area (Å²) in [5.41, 5.74) is 0.906. The molecule has 1 aliphatic heterocycles. The Morgan fingerprint density at radius 1 is 1.27 bits per heavy atom. The van der Waals surface area contributed by atoms with Crippen LogP contribution in [0.5, 0.6) is 11.5 Å². The minimum absolute atomic E-state index is 0. The van der Waals surface area contributed by atoms with Crippen molar-refractivity contribution in [2.24, 2.45) is 4.99 Å². The molecule has 0 fully saturated rings. The molecule has 0 spiro atoms. The number of ether oxygens (including phenoxy) is 3. The molecule has 0 aliphatic carbocycles. The zero-order chi connectivity index (χ0) is 14.9. The highest BCUT2D eigenvalue weighted by Gasteiger charge is 2.11. The van der Waals surface area contributed by atoms with Gasteiger partial charge in [-0.1, -0.05) is 0 Å². The Hall–Kier alpha value is -1.22. The van der Waals surface area contributed by atoms with Crippen molar-refractivity contribution in [3.05, 3.63) is 18.2 Å². The van der Waals surface area contributed by atoms with Gasteiger partial charge < -0.3 is 24.8 Å². The van der Waals surface area contributed by atoms with Crippen LogP contribution >= 0.6 is 24.0 Å². The van der Waals surface area contributed by atoms with Gasteiger partial charge in [-0.25, -0.2) is 0 Å². The van der Waals surface area contributed by atoms with Crippen LogP contribution in [0.3, 0.4) is 0 Å². The van der Waals surface area contributed by atoms with E-state index >= 15 is 0 Å². The fourth-order valence-corrected chi connectivity index (χ4v) is 1.94. The van der Waals surface area contributed by atoms with Gasteiger partial charge in [0.05, 0.1) is 19.8 Å². The summed E-state index contributed by atoms with van der Waals surface area (Å²) >= 11 is 0. The molecule has 1 aromatic carbocycles. The van der Waals surface area contributed by atoms with Gasteiger partial charge in [0.1, 0.15) is 0 Å². The van der Waals surface area contributed by atoms with E-state index in [0.29, 0.717) is 32.3 Å². The van der Waals surface area contributed by atoms with Crippen molar-refractivity contribution >= 4 is 35.6 Å². The summed E-state index contributed by atoms with van der Waals surface area (Å²) in [7, 11) is 1.74. The lowest BCUT2D eigenvalue weighted by Crippen LogP contribution is -2.33. The van der Waals surface area contributed by atoms with E-state index in [1.165, 1.54) is 0 Å². The molecule has 1 heterocycles. The van der Waals surface area contributed by atoms with Crippen LogP contribution in [0.25, 0.3) is 0 Å². The SMILES string of the molecule is CCOCCNC(=NC)Nc1ccc2c(c1)OCCCO2.I. The third-order valence-corrected chi connectivity index (χ3v) is 2.98. The Kier molecular flexibility index (Phi) is 8.98. The largest absolute Gasteiger partial charge is 0.490 e. The van der Waals surface area contributed by atoms with E-state index < -0.39 is 0 Å². The van der Waals surface area contributed by atoms with Gasteiger partial charge in [0, 0.05) is 38.4 Å². The Morgan fingerprint density at radius 3 is 2.77 bits per heavy atom. The van der Waals surface area contributed by atoms with Crippen molar-refractivity contribution in [2.75, 3.05) is 45.3 Å². The van der Waals surface area contributed by atoms with Gasteiger partial charge in [0.25, 0.3) is 0 Å². The minimum atomic E-state index is 0. The van der Waals surface area contributed by atoms with E-state index in [2.05, 4.69) is 15.6 Å². The second kappa shape index (κ2) is 10.5. The molecule has 22 heavy (non-hydrogen) atoms. The minimum Gasteiger partial charge on any atom is -0.490 e. The zero-order valence-corrected chi connectivity index (χ0v) is 15.4. The summed E-state index contributed by atoms with van der Waals surface area (Å²) in [5, 5.41) is 6.41. The molecule has 0 unspecified atom stereocenters. The predicted octanol–water partition coefficient (Wildman–Crippen LogP) is 2.49. The van der Waals surface area contributed by atoms with Crippen molar-refractivity contribution < 1.29 is 14.2 Å². The zero-order valence-electron chi connectivity index (χ0n) is 13.1. The summed E-state index contributed by atoms with van der Waals surface area (Å²) in [6.45, 7) is 5.43. The summed E-state index contributed by atoms with van der Waals surface area (Å²) < 4.78 is 16.6. The molecule has 1 aromatic rings. The average molecular weight is 421 g/mol. The summed E-state index contributed by atoms with van der Waals surface area (Å²) in [4.78, 5) is 4.18. The van der Waals surface area contributed by atoms with Crippen LogP contribution in [0.15, 0.2) is 23.2 Å². The first-order valence-corrected chi connectivity index (χ1v) is 7.28. The van der Waals surface area contributed by atoms with Gasteiger partial charge in [0.2, 0.25) is 0 Å². The highest BCUT2D eigenvalue weighted by molar-refractivity contribution is 14.0. The van der Waals surface area contributed by atoms with Crippen molar-refractivity contribution in [1.29, 1.82) is 0 Å². The first-order valence-electron chi connectivity index (χ1n) is 7.28. The number of nitrogens with zero attached hydrogens (tertiary/aromatic N) is 1. The van der Waals surface area contributed by atoms with E-state index in [9.17, 15) is 0 Å². The van der Waals surface area contributed by atoms with Crippen molar-refractivity contribution in [2.45, 2.75) is 13.3 Å². The fraction of sp³-hybridized carbons (Fsp3) is 0.533. The number of hydrogen-bond acceptors (Lipinski definition) is 4. The highest BCUT2D eigenvalue weighted by Crippen LogP contribution is 2.32. The fourth-order valence-electron chi connectivity index (χ4n) is 1.94. The summed E-state index contributed by atoms with van der Waals surface area (Å²) in [5.74, 6) is 2.25. The molecule has 2 rings (SSSR count). The molecule has 0 atom stereocenters. The van der Waals surface area contributed by atoms with Gasteiger partial charge in [-0.3, -0.25) is 4.99 Å². The first-order chi connectivity index (χ1) is 10.3. The topological polar surface area (TPSA) is 64.1 Å². The van der Waals surface area contributed by atoms with Crippen LogP contribution < -0.4 is 20.1 Å². The number of hydrogen-bond donors (Lipinski definition) is 2. The van der Waals surface area contributed by atoms with Gasteiger partial charge in [0.15, 0.2) is 17.5 Å². The van der Waals surface area contributed by atoms with Gasteiger partial charge in [-0.2, -0.15) is 0 Å². The molecule has 124 valence electrons. The van der Waals surface area contributed by atoms with Crippen LogP contribution in [-0.2, 0) is 4.74 Å². The second-order valence-electron chi connectivity index (χ2n) is 4.53. The first kappa shape index (κ1) is 18.8. The molecule has 1 aliphatic rings. The molecular formula is C15H24IN3O3. The van der Waals surface area contributed by atoms with E-state index in [1.54, 1.807) is 7.05 Å². The molecule has 0 bridgehead atoms.